The van der Waals surface area contributed by atoms with Crippen LogP contribution >= 0.6 is 0 Å². The average Bonchev–Trinajstić information content (AvgIpc) is 2.60. The first-order chi connectivity index (χ1) is 11.0. The van der Waals surface area contributed by atoms with Crippen LogP contribution < -0.4 is 4.74 Å². The van der Waals surface area contributed by atoms with Crippen molar-refractivity contribution >= 4 is 0 Å². The Hall–Kier alpha value is -1.18. The lowest BCUT2D eigenvalue weighted by molar-refractivity contribution is -0.118. The standard InChI is InChI=1S/C17H28O6/c1-3-12(2)11-22-14-6-4-5-13(7-14)17(16(21)10-20)23-15(8-18)9-19/h4-7,12,15-21H,3,8-11H2,1-2H3. The van der Waals surface area contributed by atoms with Crippen molar-refractivity contribution in [2.75, 3.05) is 26.4 Å². The quantitative estimate of drug-likeness (QED) is 0.481. The molecule has 0 saturated carbocycles. The van der Waals surface area contributed by atoms with Crippen molar-refractivity contribution in [3.05, 3.63) is 29.8 Å². The van der Waals surface area contributed by atoms with E-state index < -0.39 is 24.9 Å². The van der Waals surface area contributed by atoms with Gasteiger partial charge in [0.2, 0.25) is 0 Å². The highest BCUT2D eigenvalue weighted by Crippen LogP contribution is 2.26. The van der Waals surface area contributed by atoms with Gasteiger partial charge in [0.1, 0.15) is 24.1 Å². The van der Waals surface area contributed by atoms with E-state index in [0.717, 1.165) is 6.42 Å². The minimum Gasteiger partial charge on any atom is -0.493 e. The van der Waals surface area contributed by atoms with Crippen LogP contribution in [0.15, 0.2) is 24.3 Å². The molecule has 0 bridgehead atoms. The molecule has 0 aliphatic heterocycles. The molecular formula is C17H28O6. The number of aliphatic hydroxyl groups is 4. The lowest BCUT2D eigenvalue weighted by Crippen LogP contribution is -2.32. The zero-order chi connectivity index (χ0) is 17.2. The lowest BCUT2D eigenvalue weighted by atomic mass is 10.0. The zero-order valence-corrected chi connectivity index (χ0v) is 13.8. The molecule has 0 saturated heterocycles. The van der Waals surface area contributed by atoms with E-state index in [2.05, 4.69) is 13.8 Å². The molecule has 0 amide bonds. The molecule has 0 aromatic heterocycles. The summed E-state index contributed by atoms with van der Waals surface area (Å²) >= 11 is 0. The summed E-state index contributed by atoms with van der Waals surface area (Å²) in [5.41, 5.74) is 0.611. The first kappa shape index (κ1) is 19.9. The highest BCUT2D eigenvalue weighted by Gasteiger charge is 2.25. The van der Waals surface area contributed by atoms with Gasteiger partial charge in [-0.05, 0) is 23.6 Å². The predicted molar refractivity (Wildman–Crippen MR) is 86.3 cm³/mol. The molecule has 6 heteroatoms. The van der Waals surface area contributed by atoms with Crippen LogP contribution in [0.1, 0.15) is 31.9 Å². The summed E-state index contributed by atoms with van der Waals surface area (Å²) in [6.45, 7) is 3.52. The van der Waals surface area contributed by atoms with Crippen LogP contribution in [0.4, 0.5) is 0 Å². The van der Waals surface area contributed by atoms with Crippen LogP contribution in [0.2, 0.25) is 0 Å². The maximum atomic E-state index is 9.98. The Morgan fingerprint density at radius 1 is 1.09 bits per heavy atom. The van der Waals surface area contributed by atoms with Crippen molar-refractivity contribution in [1.29, 1.82) is 0 Å². The number of benzene rings is 1. The van der Waals surface area contributed by atoms with Crippen molar-refractivity contribution in [3.63, 3.8) is 0 Å². The molecule has 0 heterocycles. The highest BCUT2D eigenvalue weighted by atomic mass is 16.5. The SMILES string of the molecule is CCC(C)COc1cccc(C(OC(CO)CO)C(O)CO)c1. The van der Waals surface area contributed by atoms with Crippen LogP contribution in [-0.2, 0) is 4.74 Å². The van der Waals surface area contributed by atoms with Gasteiger partial charge in [0.25, 0.3) is 0 Å². The second-order valence-corrected chi connectivity index (χ2v) is 5.69. The van der Waals surface area contributed by atoms with E-state index in [4.69, 9.17) is 19.7 Å². The van der Waals surface area contributed by atoms with Gasteiger partial charge in [0.05, 0.1) is 26.4 Å². The first-order valence-corrected chi connectivity index (χ1v) is 7.94. The Kier molecular flexibility index (Phi) is 9.13. The third-order valence-electron chi connectivity index (χ3n) is 3.70. The summed E-state index contributed by atoms with van der Waals surface area (Å²) < 4.78 is 11.2. The normalized spacial score (nSPS) is 15.4. The molecule has 4 N–H and O–H groups in total. The van der Waals surface area contributed by atoms with Crippen molar-refractivity contribution in [2.45, 2.75) is 38.6 Å². The fourth-order valence-electron chi connectivity index (χ4n) is 1.98. The third-order valence-corrected chi connectivity index (χ3v) is 3.70. The molecule has 1 aromatic carbocycles. The molecule has 0 aliphatic carbocycles. The van der Waals surface area contributed by atoms with Gasteiger partial charge in [-0.25, -0.2) is 0 Å². The number of aliphatic hydroxyl groups excluding tert-OH is 4. The second-order valence-electron chi connectivity index (χ2n) is 5.69. The summed E-state index contributed by atoms with van der Waals surface area (Å²) in [7, 11) is 0. The maximum absolute atomic E-state index is 9.98. The van der Waals surface area contributed by atoms with Crippen LogP contribution in [0.25, 0.3) is 0 Å². The van der Waals surface area contributed by atoms with E-state index >= 15 is 0 Å². The van der Waals surface area contributed by atoms with Gasteiger partial charge in [-0.1, -0.05) is 32.4 Å². The number of hydrogen-bond acceptors (Lipinski definition) is 6. The van der Waals surface area contributed by atoms with Crippen LogP contribution in [0.3, 0.4) is 0 Å². The van der Waals surface area contributed by atoms with E-state index in [-0.39, 0.29) is 13.2 Å². The van der Waals surface area contributed by atoms with Gasteiger partial charge >= 0.3 is 0 Å². The fourth-order valence-corrected chi connectivity index (χ4v) is 1.98. The first-order valence-electron chi connectivity index (χ1n) is 7.94. The van der Waals surface area contributed by atoms with Crippen LogP contribution in [-0.4, -0.2) is 59.1 Å². The van der Waals surface area contributed by atoms with Crippen molar-refractivity contribution in [2.24, 2.45) is 5.92 Å². The van der Waals surface area contributed by atoms with Gasteiger partial charge < -0.3 is 29.9 Å². The van der Waals surface area contributed by atoms with Gasteiger partial charge in [-0.15, -0.1) is 0 Å². The molecular weight excluding hydrogens is 300 g/mol. The molecule has 132 valence electrons. The minimum atomic E-state index is -1.17. The fraction of sp³-hybridized carbons (Fsp3) is 0.647. The van der Waals surface area contributed by atoms with E-state index in [1.165, 1.54) is 0 Å². The predicted octanol–water partition coefficient (Wildman–Crippen LogP) is 0.876. The molecule has 3 unspecified atom stereocenters. The van der Waals surface area contributed by atoms with Crippen molar-refractivity contribution < 1.29 is 29.9 Å². The van der Waals surface area contributed by atoms with E-state index in [9.17, 15) is 10.2 Å². The second kappa shape index (κ2) is 10.6. The maximum Gasteiger partial charge on any atom is 0.119 e. The van der Waals surface area contributed by atoms with Gasteiger partial charge in [0, 0.05) is 0 Å². The topological polar surface area (TPSA) is 99.4 Å². The summed E-state index contributed by atoms with van der Waals surface area (Å²) in [6, 6.07) is 7.06. The number of hydrogen-bond donors (Lipinski definition) is 4. The number of ether oxygens (including phenoxy) is 2. The zero-order valence-electron chi connectivity index (χ0n) is 13.8. The Bertz CT molecular complexity index is 435. The molecule has 6 nitrogen and oxygen atoms in total. The summed E-state index contributed by atoms with van der Waals surface area (Å²) in [5, 5.41) is 37.5. The minimum absolute atomic E-state index is 0.380. The monoisotopic (exact) mass is 328 g/mol. The summed E-state index contributed by atoms with van der Waals surface area (Å²) in [4.78, 5) is 0. The van der Waals surface area contributed by atoms with E-state index in [1.807, 2.05) is 6.07 Å². The lowest BCUT2D eigenvalue weighted by Gasteiger charge is -2.26. The Labute approximate surface area is 137 Å². The molecule has 1 aromatic rings. The van der Waals surface area contributed by atoms with Gasteiger partial charge in [0.15, 0.2) is 0 Å². The van der Waals surface area contributed by atoms with Crippen molar-refractivity contribution in [3.8, 4) is 5.75 Å². The molecule has 0 radical (unpaired) electrons. The average molecular weight is 328 g/mol. The van der Waals surface area contributed by atoms with E-state index in [0.29, 0.717) is 23.8 Å². The Morgan fingerprint density at radius 2 is 1.78 bits per heavy atom. The smallest absolute Gasteiger partial charge is 0.119 e. The van der Waals surface area contributed by atoms with Gasteiger partial charge in [-0.2, -0.15) is 0 Å². The highest BCUT2D eigenvalue weighted by molar-refractivity contribution is 5.30. The van der Waals surface area contributed by atoms with E-state index in [1.54, 1.807) is 18.2 Å². The largest absolute Gasteiger partial charge is 0.493 e. The molecule has 0 fully saturated rings. The van der Waals surface area contributed by atoms with Crippen molar-refractivity contribution in [1.82, 2.24) is 0 Å². The third kappa shape index (κ3) is 6.45. The summed E-state index contributed by atoms with van der Waals surface area (Å²) in [6.07, 6.45) is -1.84. The molecule has 1 rings (SSSR count). The molecule has 3 atom stereocenters. The Morgan fingerprint density at radius 3 is 2.35 bits per heavy atom. The molecule has 0 aliphatic rings. The molecule has 23 heavy (non-hydrogen) atoms. The van der Waals surface area contributed by atoms with Crippen LogP contribution in [0.5, 0.6) is 5.75 Å². The van der Waals surface area contributed by atoms with Gasteiger partial charge in [-0.3, -0.25) is 0 Å². The molecule has 0 spiro atoms. The van der Waals surface area contributed by atoms with Crippen LogP contribution in [0, 0.1) is 5.92 Å². The summed E-state index contributed by atoms with van der Waals surface area (Å²) in [5.74, 6) is 1.08. The Balaban J connectivity index is 2.88. The number of rotatable bonds is 11.